The van der Waals surface area contributed by atoms with Crippen molar-refractivity contribution in [2.75, 3.05) is 43.9 Å². The number of ether oxygens (including phenoxy) is 1. The average Bonchev–Trinajstić information content (AvgIpc) is 3.08. The zero-order valence-corrected chi connectivity index (χ0v) is 29.4. The number of carbonyl (C=O) groups excluding carboxylic acids is 1. The van der Waals surface area contributed by atoms with E-state index in [0.717, 1.165) is 68.8 Å². The Morgan fingerprint density at radius 1 is 0.885 bits per heavy atom. The lowest BCUT2D eigenvalue weighted by Gasteiger charge is -2.43. The number of nitrogens with two attached hydrogens (primary N) is 1. The molecule has 2 aliphatic heterocycles. The van der Waals surface area contributed by atoms with Crippen LogP contribution in [0.3, 0.4) is 0 Å². The van der Waals surface area contributed by atoms with Crippen molar-refractivity contribution in [2.45, 2.75) is 39.2 Å². The fourth-order valence-corrected chi connectivity index (χ4v) is 7.42. The van der Waals surface area contributed by atoms with Crippen LogP contribution in [0.4, 0.5) is 15.9 Å². The fraction of sp³-hybridized carbons (Fsp3) is 0.333. The summed E-state index contributed by atoms with van der Waals surface area (Å²) in [6.45, 7) is 7.84. The van der Waals surface area contributed by atoms with Gasteiger partial charge in [-0.1, -0.05) is 36.8 Å². The Morgan fingerprint density at radius 2 is 1.69 bits per heavy atom. The van der Waals surface area contributed by atoms with Gasteiger partial charge in [-0.2, -0.15) is 0 Å². The first-order valence-corrected chi connectivity index (χ1v) is 18.2. The van der Waals surface area contributed by atoms with Gasteiger partial charge in [0.05, 0.1) is 24.5 Å². The number of rotatable bonds is 11. The van der Waals surface area contributed by atoms with Crippen LogP contribution in [0.15, 0.2) is 90.2 Å². The second-order valence-electron chi connectivity index (χ2n) is 14.8. The highest BCUT2D eigenvalue weighted by Gasteiger charge is 2.31. The number of nitrogens with zero attached hydrogens (tertiary/aromatic N) is 4. The first kappa shape index (κ1) is 33.9. The van der Waals surface area contributed by atoms with Crippen molar-refractivity contribution < 1.29 is 13.9 Å². The summed E-state index contributed by atoms with van der Waals surface area (Å²) in [5.74, 6) is 0.887. The third-order valence-electron chi connectivity index (χ3n) is 10.7. The first-order chi connectivity index (χ1) is 25.3. The van der Waals surface area contributed by atoms with Crippen LogP contribution in [0.25, 0.3) is 33.5 Å². The van der Waals surface area contributed by atoms with Crippen molar-refractivity contribution in [3.63, 3.8) is 0 Å². The van der Waals surface area contributed by atoms with E-state index in [1.807, 2.05) is 23.6 Å². The van der Waals surface area contributed by atoms with E-state index in [4.69, 9.17) is 10.5 Å². The number of pyridine rings is 3. The summed E-state index contributed by atoms with van der Waals surface area (Å²) in [7, 11) is 0. The number of hydrogen-bond donors (Lipinski definition) is 2. The van der Waals surface area contributed by atoms with Crippen LogP contribution in [0, 0.1) is 30.5 Å². The van der Waals surface area contributed by atoms with Crippen LogP contribution in [-0.4, -0.2) is 58.2 Å². The summed E-state index contributed by atoms with van der Waals surface area (Å²) in [6, 6.07) is 18.4. The van der Waals surface area contributed by atoms with Crippen molar-refractivity contribution in [1.29, 1.82) is 0 Å². The molecule has 0 bridgehead atoms. The van der Waals surface area contributed by atoms with Crippen LogP contribution >= 0.6 is 0 Å². The van der Waals surface area contributed by atoms with Crippen molar-refractivity contribution in [2.24, 2.45) is 17.8 Å². The lowest BCUT2D eigenvalue weighted by atomic mass is 9.85. The Bertz CT molecular complexity index is 2150. The maximum absolute atomic E-state index is 15.8. The average molecular weight is 699 g/mol. The smallest absolute Gasteiger partial charge is 0.261 e. The Hall–Kier alpha value is -5.19. The second-order valence-corrected chi connectivity index (χ2v) is 14.8. The van der Waals surface area contributed by atoms with Gasteiger partial charge in [-0.3, -0.25) is 14.6 Å². The molecule has 8 rings (SSSR count). The zero-order chi connectivity index (χ0) is 35.8. The fourth-order valence-electron chi connectivity index (χ4n) is 7.42. The first-order valence-electron chi connectivity index (χ1n) is 18.2. The predicted octanol–water partition coefficient (Wildman–Crippen LogP) is 6.84. The maximum atomic E-state index is 15.8. The number of benzene rings is 2. The highest BCUT2D eigenvalue weighted by molar-refractivity contribution is 6.04. The Morgan fingerprint density at radius 3 is 2.37 bits per heavy atom. The predicted molar refractivity (Wildman–Crippen MR) is 201 cm³/mol. The molecule has 1 amide bonds. The van der Waals surface area contributed by atoms with Gasteiger partial charge < -0.3 is 25.3 Å². The molecule has 0 atom stereocenters. The summed E-state index contributed by atoms with van der Waals surface area (Å²) in [5.41, 5.74) is 11.7. The van der Waals surface area contributed by atoms with Crippen LogP contribution in [0.5, 0.6) is 0 Å². The Kier molecular flexibility index (Phi) is 9.42. The van der Waals surface area contributed by atoms with Gasteiger partial charge >= 0.3 is 0 Å². The molecular weight excluding hydrogens is 655 g/mol. The molecule has 5 heterocycles. The van der Waals surface area contributed by atoms with Crippen LogP contribution < -0.4 is 16.5 Å². The molecule has 266 valence electrons. The molecule has 0 radical (unpaired) electrons. The van der Waals surface area contributed by atoms with Gasteiger partial charge in [-0.05, 0) is 85.0 Å². The molecule has 5 aromatic rings. The molecule has 3 fully saturated rings. The molecule has 1 saturated carbocycles. The second kappa shape index (κ2) is 14.4. The number of halogens is 1. The molecule has 3 aliphatic rings. The molecule has 52 heavy (non-hydrogen) atoms. The number of nitrogens with one attached hydrogen (secondary N) is 1. The van der Waals surface area contributed by atoms with Gasteiger partial charge in [0.15, 0.2) is 0 Å². The molecule has 3 aromatic heterocycles. The third kappa shape index (κ3) is 7.26. The standard InChI is InChI=1S/C42H43FN6O3/c1-26-5-12-39(45-16-26)36-22-49(18-28-3-2-4-28)23-37(40(36)50)42(51)47-33-10-11-34(38(43)15-33)35-14-32(17-46-41(35)44)31-8-6-27(7-9-31)13-29-19-48(20-29)21-30-24-52-25-30/h5-12,14-17,22-23,28-30H,2-4,13,18-21,24-25H2,1H3,(H2,44,46)(H,47,51). The minimum absolute atomic E-state index is 0.0232. The molecule has 1 aliphatic carbocycles. The van der Waals surface area contributed by atoms with E-state index in [-0.39, 0.29) is 22.6 Å². The van der Waals surface area contributed by atoms with Gasteiger partial charge in [0.25, 0.3) is 5.91 Å². The van der Waals surface area contributed by atoms with Crippen LogP contribution in [0.2, 0.25) is 0 Å². The number of anilines is 2. The highest BCUT2D eigenvalue weighted by Crippen LogP contribution is 2.33. The number of carbonyl (C=O) groups is 1. The summed E-state index contributed by atoms with van der Waals surface area (Å²) in [5, 5.41) is 2.74. The van der Waals surface area contributed by atoms with Crippen molar-refractivity contribution in [3.05, 3.63) is 118 Å². The normalized spacial score (nSPS) is 16.6. The molecule has 2 saturated heterocycles. The van der Waals surface area contributed by atoms with Gasteiger partial charge in [-0.25, -0.2) is 9.37 Å². The van der Waals surface area contributed by atoms with E-state index in [1.165, 1.54) is 18.1 Å². The van der Waals surface area contributed by atoms with Crippen molar-refractivity contribution >= 4 is 17.4 Å². The molecule has 10 heteroatoms. The molecule has 3 N–H and O–H groups in total. The minimum Gasteiger partial charge on any atom is -0.383 e. The number of hydrogen-bond acceptors (Lipinski definition) is 7. The van der Waals surface area contributed by atoms with E-state index in [1.54, 1.807) is 43.0 Å². The maximum Gasteiger partial charge on any atom is 0.261 e. The third-order valence-corrected chi connectivity index (χ3v) is 10.7. The molecule has 0 spiro atoms. The Labute approximate surface area is 302 Å². The summed E-state index contributed by atoms with van der Waals surface area (Å²) >= 11 is 0. The van der Waals surface area contributed by atoms with Crippen molar-refractivity contribution in [1.82, 2.24) is 19.4 Å². The number of aromatic nitrogens is 3. The molecule has 2 aromatic carbocycles. The highest BCUT2D eigenvalue weighted by atomic mass is 19.1. The van der Waals surface area contributed by atoms with Gasteiger partial charge in [0.1, 0.15) is 17.2 Å². The van der Waals surface area contributed by atoms with Gasteiger partial charge in [-0.15, -0.1) is 0 Å². The zero-order valence-electron chi connectivity index (χ0n) is 29.4. The van der Waals surface area contributed by atoms with Gasteiger partial charge in [0, 0.05) is 79.3 Å². The summed E-state index contributed by atoms with van der Waals surface area (Å²) in [6.07, 6.45) is 11.2. The number of amides is 1. The lowest BCUT2D eigenvalue weighted by molar-refractivity contribution is -0.0613. The largest absolute Gasteiger partial charge is 0.383 e. The summed E-state index contributed by atoms with van der Waals surface area (Å²) < 4.78 is 23.0. The van der Waals surface area contributed by atoms with E-state index in [2.05, 4.69) is 44.5 Å². The van der Waals surface area contributed by atoms with E-state index < -0.39 is 17.2 Å². The lowest BCUT2D eigenvalue weighted by Crippen LogP contribution is -2.52. The van der Waals surface area contributed by atoms with Crippen LogP contribution in [-0.2, 0) is 17.7 Å². The topological polar surface area (TPSA) is 115 Å². The summed E-state index contributed by atoms with van der Waals surface area (Å²) in [4.78, 5) is 38.6. The van der Waals surface area contributed by atoms with E-state index in [9.17, 15) is 9.59 Å². The number of nitrogen functional groups attached to an aromatic ring is 1. The molecule has 0 unspecified atom stereocenters. The van der Waals surface area contributed by atoms with Crippen LogP contribution in [0.1, 0.15) is 40.7 Å². The minimum atomic E-state index is -0.613. The molecular formula is C42H43FN6O3. The number of aryl methyl sites for hydroxylation is 1. The van der Waals surface area contributed by atoms with Gasteiger partial charge in [0.2, 0.25) is 5.43 Å². The quantitative estimate of drug-likeness (QED) is 0.155. The number of likely N-dealkylation sites (tertiary alicyclic amines) is 1. The van der Waals surface area contributed by atoms with E-state index in [0.29, 0.717) is 41.1 Å². The molecule has 9 nitrogen and oxygen atoms in total. The van der Waals surface area contributed by atoms with E-state index >= 15 is 4.39 Å². The Balaban J connectivity index is 0.973. The SMILES string of the molecule is Cc1ccc(-c2cn(CC3CCC3)cc(C(=O)Nc3ccc(-c4cc(-c5ccc(CC6CN(CC7COC7)C6)cc5)cnc4N)c(F)c3)c2=O)nc1. The monoisotopic (exact) mass is 698 g/mol. The van der Waals surface area contributed by atoms with Crippen molar-refractivity contribution in [3.8, 4) is 33.5 Å².